The highest BCUT2D eigenvalue weighted by atomic mass is 127. The lowest BCUT2D eigenvalue weighted by atomic mass is 10.1. The molecule has 3 aromatic rings. The molecule has 4 nitrogen and oxygen atoms in total. The molecule has 0 bridgehead atoms. The first-order valence-electron chi connectivity index (χ1n) is 9.95. The first-order valence-corrected chi connectivity index (χ1v) is 12.6. The van der Waals surface area contributed by atoms with Crippen molar-refractivity contribution in [3.05, 3.63) is 90.9 Å². The lowest BCUT2D eigenvalue weighted by molar-refractivity contribution is -0.113. The highest BCUT2D eigenvalue weighted by Crippen LogP contribution is 2.39. The smallest absolute Gasteiger partial charge is 0.270 e. The Balaban J connectivity index is 1.59. The third-order valence-electron chi connectivity index (χ3n) is 5.00. The van der Waals surface area contributed by atoms with Gasteiger partial charge in [-0.15, -0.1) is 0 Å². The number of rotatable bonds is 6. The Morgan fingerprint density at radius 3 is 2.58 bits per heavy atom. The van der Waals surface area contributed by atoms with Crippen LogP contribution in [-0.4, -0.2) is 17.3 Å². The predicted molar refractivity (Wildman–Crippen MR) is 148 cm³/mol. The zero-order valence-corrected chi connectivity index (χ0v) is 22.3. The number of thiocarbonyl (C=S) groups is 1. The zero-order valence-electron chi connectivity index (χ0n) is 17.8. The number of halogens is 2. The van der Waals surface area contributed by atoms with Crippen molar-refractivity contribution < 1.29 is 14.3 Å². The van der Waals surface area contributed by atoms with E-state index < -0.39 is 0 Å². The van der Waals surface area contributed by atoms with E-state index in [0.29, 0.717) is 32.4 Å². The first kappa shape index (κ1) is 24.1. The minimum Gasteiger partial charge on any atom is -0.493 e. The third-order valence-corrected chi connectivity index (χ3v) is 7.35. The van der Waals surface area contributed by atoms with Gasteiger partial charge in [0.05, 0.1) is 21.3 Å². The van der Waals surface area contributed by atoms with E-state index >= 15 is 0 Å². The van der Waals surface area contributed by atoms with E-state index in [0.717, 1.165) is 25.9 Å². The SMILES string of the molecule is COc1cc(/C=C2/SC(=S)N(c3ccccc3C)C2=O)cc(I)c1OCc1ccc(Cl)cc1. The second-order valence-corrected chi connectivity index (χ2v) is 10.5. The number of hydrogen-bond acceptors (Lipinski definition) is 5. The summed E-state index contributed by atoms with van der Waals surface area (Å²) in [4.78, 5) is 15.3. The average molecular weight is 608 g/mol. The minimum absolute atomic E-state index is 0.128. The summed E-state index contributed by atoms with van der Waals surface area (Å²) in [5.74, 6) is 1.12. The van der Waals surface area contributed by atoms with Crippen molar-refractivity contribution in [3.8, 4) is 11.5 Å². The number of anilines is 1. The van der Waals surface area contributed by atoms with E-state index in [1.54, 1.807) is 12.0 Å². The van der Waals surface area contributed by atoms with E-state index in [1.807, 2.05) is 73.7 Å². The topological polar surface area (TPSA) is 38.8 Å². The fourth-order valence-corrected chi connectivity index (χ4v) is 5.53. The van der Waals surface area contributed by atoms with Crippen LogP contribution in [0.1, 0.15) is 16.7 Å². The van der Waals surface area contributed by atoms with E-state index in [4.69, 9.17) is 33.3 Å². The number of benzene rings is 3. The summed E-state index contributed by atoms with van der Waals surface area (Å²) >= 11 is 15.0. The fraction of sp³-hybridized carbons (Fsp3) is 0.120. The summed E-state index contributed by atoms with van der Waals surface area (Å²) in [5.41, 5.74) is 3.64. The van der Waals surface area contributed by atoms with Gasteiger partial charge in [-0.25, -0.2) is 0 Å². The molecule has 3 aromatic carbocycles. The maximum absolute atomic E-state index is 13.1. The van der Waals surface area contributed by atoms with Gasteiger partial charge >= 0.3 is 0 Å². The van der Waals surface area contributed by atoms with Crippen LogP contribution in [0.3, 0.4) is 0 Å². The highest BCUT2D eigenvalue weighted by molar-refractivity contribution is 14.1. The number of thioether (sulfide) groups is 1. The molecule has 0 aliphatic carbocycles. The van der Waals surface area contributed by atoms with Crippen LogP contribution in [0, 0.1) is 10.5 Å². The monoisotopic (exact) mass is 607 g/mol. The molecule has 0 atom stereocenters. The number of aryl methyl sites for hydroxylation is 1. The quantitative estimate of drug-likeness (QED) is 0.168. The Hall–Kier alpha value is -2.07. The molecule has 0 spiro atoms. The Bertz CT molecular complexity index is 1260. The van der Waals surface area contributed by atoms with E-state index in [-0.39, 0.29) is 5.91 Å². The van der Waals surface area contributed by atoms with Gasteiger partial charge in [0, 0.05) is 5.02 Å². The van der Waals surface area contributed by atoms with Crippen molar-refractivity contribution in [3.63, 3.8) is 0 Å². The summed E-state index contributed by atoms with van der Waals surface area (Å²) in [6.07, 6.45) is 1.84. The van der Waals surface area contributed by atoms with Crippen molar-refractivity contribution >= 4 is 80.2 Å². The maximum Gasteiger partial charge on any atom is 0.270 e. The van der Waals surface area contributed by atoms with E-state index in [9.17, 15) is 4.79 Å². The molecule has 0 unspecified atom stereocenters. The summed E-state index contributed by atoms with van der Waals surface area (Å²) in [6, 6.07) is 19.0. The van der Waals surface area contributed by atoms with Crippen LogP contribution >= 0.6 is 58.2 Å². The van der Waals surface area contributed by atoms with Crippen LogP contribution in [0.4, 0.5) is 5.69 Å². The summed E-state index contributed by atoms with van der Waals surface area (Å²) < 4.78 is 13.0. The molecule has 1 fully saturated rings. The lowest BCUT2D eigenvalue weighted by Gasteiger charge is -2.16. The van der Waals surface area contributed by atoms with Crippen LogP contribution in [-0.2, 0) is 11.4 Å². The van der Waals surface area contributed by atoms with Crippen molar-refractivity contribution in [2.24, 2.45) is 0 Å². The molecular formula is C25H19ClINO3S2. The number of hydrogen-bond donors (Lipinski definition) is 0. The van der Waals surface area contributed by atoms with Crippen LogP contribution in [0.5, 0.6) is 11.5 Å². The van der Waals surface area contributed by atoms with Gasteiger partial charge in [-0.3, -0.25) is 9.69 Å². The number of carbonyl (C=O) groups excluding carboxylic acids is 1. The molecule has 168 valence electrons. The Morgan fingerprint density at radius 1 is 1.15 bits per heavy atom. The second kappa shape index (κ2) is 10.5. The van der Waals surface area contributed by atoms with Crippen LogP contribution in [0.2, 0.25) is 5.02 Å². The first-order chi connectivity index (χ1) is 15.9. The molecule has 0 radical (unpaired) electrons. The third kappa shape index (κ3) is 5.37. The fourth-order valence-electron chi connectivity index (χ4n) is 3.34. The Labute approximate surface area is 221 Å². The van der Waals surface area contributed by atoms with Gasteiger partial charge in [-0.05, 0) is 82.6 Å². The summed E-state index contributed by atoms with van der Waals surface area (Å²) in [7, 11) is 1.60. The molecule has 0 N–H and O–H groups in total. The van der Waals surface area contributed by atoms with Crippen LogP contribution in [0.25, 0.3) is 6.08 Å². The van der Waals surface area contributed by atoms with Crippen molar-refractivity contribution in [1.29, 1.82) is 0 Å². The summed E-state index contributed by atoms with van der Waals surface area (Å²) in [5, 5.41) is 0.683. The molecule has 1 saturated heterocycles. The van der Waals surface area contributed by atoms with Crippen molar-refractivity contribution in [1.82, 2.24) is 0 Å². The van der Waals surface area contributed by atoms with Gasteiger partial charge in [0.2, 0.25) is 0 Å². The number of ether oxygens (including phenoxy) is 2. The predicted octanol–water partition coefficient (Wildman–Crippen LogP) is 7.25. The van der Waals surface area contributed by atoms with Gasteiger partial charge in [-0.1, -0.05) is 65.9 Å². The van der Waals surface area contributed by atoms with Crippen molar-refractivity contribution in [2.45, 2.75) is 13.5 Å². The number of para-hydroxylation sites is 1. The molecule has 0 saturated carbocycles. The van der Waals surface area contributed by atoms with Gasteiger partial charge < -0.3 is 9.47 Å². The molecule has 4 rings (SSSR count). The second-order valence-electron chi connectivity index (χ2n) is 7.25. The molecular weight excluding hydrogens is 589 g/mol. The lowest BCUT2D eigenvalue weighted by Crippen LogP contribution is -2.28. The number of methoxy groups -OCH3 is 1. The molecule has 8 heteroatoms. The van der Waals surface area contributed by atoms with Gasteiger partial charge in [0.15, 0.2) is 15.8 Å². The number of amides is 1. The molecule has 1 aliphatic heterocycles. The Kier molecular flexibility index (Phi) is 7.63. The normalized spacial score (nSPS) is 14.8. The maximum atomic E-state index is 13.1. The summed E-state index contributed by atoms with van der Waals surface area (Å²) in [6.45, 7) is 2.35. The zero-order chi connectivity index (χ0) is 23.5. The minimum atomic E-state index is -0.128. The van der Waals surface area contributed by atoms with Crippen LogP contribution < -0.4 is 14.4 Å². The molecule has 1 amide bonds. The van der Waals surface area contributed by atoms with Gasteiger partial charge in [0.1, 0.15) is 6.61 Å². The number of carbonyl (C=O) groups is 1. The van der Waals surface area contributed by atoms with Crippen LogP contribution in [0.15, 0.2) is 65.6 Å². The largest absolute Gasteiger partial charge is 0.493 e. The van der Waals surface area contributed by atoms with E-state index in [1.165, 1.54) is 11.8 Å². The average Bonchev–Trinajstić information content (AvgIpc) is 3.07. The van der Waals surface area contributed by atoms with Gasteiger partial charge in [0.25, 0.3) is 5.91 Å². The molecule has 1 aliphatic rings. The molecule has 1 heterocycles. The number of nitrogens with zero attached hydrogens (tertiary/aromatic N) is 1. The highest BCUT2D eigenvalue weighted by Gasteiger charge is 2.34. The Morgan fingerprint density at radius 2 is 1.88 bits per heavy atom. The van der Waals surface area contributed by atoms with E-state index in [2.05, 4.69) is 22.6 Å². The molecule has 0 aromatic heterocycles. The van der Waals surface area contributed by atoms with Crippen molar-refractivity contribution in [2.75, 3.05) is 12.0 Å². The van der Waals surface area contributed by atoms with Gasteiger partial charge in [-0.2, -0.15) is 0 Å². The molecule has 33 heavy (non-hydrogen) atoms. The standard InChI is InChI=1S/C25H19ClINO3S2/c1-15-5-3-4-6-20(15)28-24(29)22(33-25(28)32)13-17-11-19(27)23(21(12-17)30-2)31-14-16-7-9-18(26)10-8-16/h3-13H,14H2,1-2H3/b22-13+.